The minimum Gasteiger partial charge on any atom is -0.481 e. The van der Waals surface area contributed by atoms with Crippen molar-refractivity contribution in [3.8, 4) is 0 Å². The van der Waals surface area contributed by atoms with Gasteiger partial charge in [-0.3, -0.25) is 4.79 Å². The molecule has 1 N–H and O–H groups in total. The smallest absolute Gasteiger partial charge is 0.410 e. The largest absolute Gasteiger partial charge is 0.481 e. The van der Waals surface area contributed by atoms with E-state index < -0.39 is 38.8 Å². The van der Waals surface area contributed by atoms with Crippen LogP contribution >= 0.6 is 0 Å². The lowest BCUT2D eigenvalue weighted by Gasteiger charge is -2.33. The van der Waals surface area contributed by atoms with E-state index in [9.17, 15) is 23.1 Å². The number of hydrogen-bond acceptors (Lipinski definition) is 5. The molecule has 0 bridgehead atoms. The predicted octanol–water partition coefficient (Wildman–Crippen LogP) is 0.743. The number of ether oxygens (including phenoxy) is 1. The van der Waals surface area contributed by atoms with Crippen LogP contribution in [0.15, 0.2) is 0 Å². The molecule has 0 radical (unpaired) electrons. The van der Waals surface area contributed by atoms with E-state index in [1.165, 1.54) is 4.90 Å². The zero-order valence-corrected chi connectivity index (χ0v) is 13.3. The Labute approximate surface area is 124 Å². The van der Waals surface area contributed by atoms with Crippen LogP contribution in [0.2, 0.25) is 0 Å². The molecule has 0 saturated carbocycles. The summed E-state index contributed by atoms with van der Waals surface area (Å²) in [5.74, 6) is -1.92. The second kappa shape index (κ2) is 4.86. The lowest BCUT2D eigenvalue weighted by molar-refractivity contribution is -0.150. The average Bonchev–Trinajstić information content (AvgIpc) is 2.65. The topological polar surface area (TPSA) is 101 Å². The van der Waals surface area contributed by atoms with E-state index in [0.29, 0.717) is 0 Å². The van der Waals surface area contributed by atoms with Crippen LogP contribution < -0.4 is 0 Å². The molecular weight excluding hydrogens is 298 g/mol. The minimum absolute atomic E-state index is 0.0113. The van der Waals surface area contributed by atoms with Gasteiger partial charge in [-0.1, -0.05) is 0 Å². The van der Waals surface area contributed by atoms with Gasteiger partial charge in [-0.15, -0.1) is 0 Å². The molecule has 2 saturated heterocycles. The van der Waals surface area contributed by atoms with Gasteiger partial charge in [-0.05, 0) is 27.2 Å². The number of carbonyl (C=O) groups is 2. The van der Waals surface area contributed by atoms with Crippen molar-refractivity contribution >= 4 is 21.9 Å². The van der Waals surface area contributed by atoms with E-state index >= 15 is 0 Å². The number of carbonyl (C=O) groups excluding carboxylic acids is 1. The number of likely N-dealkylation sites (tertiary alicyclic amines) is 1. The van der Waals surface area contributed by atoms with Gasteiger partial charge in [0, 0.05) is 19.0 Å². The number of carboxylic acid groups (broad SMARTS) is 1. The molecular formula is C13H21NO6S. The van der Waals surface area contributed by atoms with Crippen LogP contribution in [0.25, 0.3) is 0 Å². The van der Waals surface area contributed by atoms with Crippen LogP contribution in [0.5, 0.6) is 0 Å². The Balaban J connectivity index is 2.22. The van der Waals surface area contributed by atoms with E-state index in [-0.39, 0.29) is 31.0 Å². The van der Waals surface area contributed by atoms with Crippen LogP contribution in [-0.2, 0) is 19.4 Å². The molecule has 8 heteroatoms. The van der Waals surface area contributed by atoms with Crippen molar-refractivity contribution in [2.45, 2.75) is 32.8 Å². The van der Waals surface area contributed by atoms with Crippen LogP contribution in [0.4, 0.5) is 4.79 Å². The first-order valence-electron chi connectivity index (χ1n) is 6.87. The second-order valence-electron chi connectivity index (χ2n) is 6.88. The van der Waals surface area contributed by atoms with Gasteiger partial charge in [-0.2, -0.15) is 0 Å². The molecule has 0 spiro atoms. The van der Waals surface area contributed by atoms with Crippen molar-refractivity contribution < 1.29 is 27.9 Å². The summed E-state index contributed by atoms with van der Waals surface area (Å²) in [6.45, 7) is 5.31. The van der Waals surface area contributed by atoms with Gasteiger partial charge >= 0.3 is 12.1 Å². The van der Waals surface area contributed by atoms with Gasteiger partial charge in [0.05, 0.1) is 16.9 Å². The molecule has 0 aliphatic carbocycles. The second-order valence-corrected chi connectivity index (χ2v) is 9.11. The standard InChI is InChI=1S/C13H21NO6S/c1-12(2,3)20-11(17)14-6-9-7-21(18,19)5-4-13(9,8-14)10(15)16/h9H,4-8H2,1-3H3,(H,15,16)/t9-,13+/m0/s1. The average molecular weight is 319 g/mol. The lowest BCUT2D eigenvalue weighted by Crippen LogP contribution is -2.47. The van der Waals surface area contributed by atoms with E-state index in [1.54, 1.807) is 20.8 Å². The number of fused-ring (bicyclic) bond motifs is 1. The summed E-state index contributed by atoms with van der Waals surface area (Å²) in [6, 6.07) is 0. The summed E-state index contributed by atoms with van der Waals surface area (Å²) in [5, 5.41) is 9.53. The summed E-state index contributed by atoms with van der Waals surface area (Å²) in [7, 11) is -3.23. The highest BCUT2D eigenvalue weighted by atomic mass is 32.2. The number of aliphatic carboxylic acids is 1. The molecule has 2 aliphatic heterocycles. The highest BCUT2D eigenvalue weighted by Gasteiger charge is 2.57. The Kier molecular flexibility index (Phi) is 3.72. The van der Waals surface area contributed by atoms with Gasteiger partial charge in [0.25, 0.3) is 0 Å². The molecule has 120 valence electrons. The van der Waals surface area contributed by atoms with Gasteiger partial charge < -0.3 is 14.7 Å². The Hall–Kier alpha value is -1.31. The minimum atomic E-state index is -3.23. The van der Waals surface area contributed by atoms with Crippen molar-refractivity contribution in [1.29, 1.82) is 0 Å². The fourth-order valence-corrected chi connectivity index (χ4v) is 4.89. The SMILES string of the molecule is CC(C)(C)OC(=O)N1C[C@H]2CS(=O)(=O)CC[C@@]2(C(=O)O)C1. The molecule has 2 rings (SSSR count). The first-order chi connectivity index (χ1) is 9.45. The third kappa shape index (κ3) is 3.14. The summed E-state index contributed by atoms with van der Waals surface area (Å²) in [6.07, 6.45) is -0.538. The molecule has 0 aromatic carbocycles. The zero-order chi connectivity index (χ0) is 16.1. The summed E-state index contributed by atoms with van der Waals surface area (Å²) < 4.78 is 28.7. The fraction of sp³-hybridized carbons (Fsp3) is 0.846. The van der Waals surface area contributed by atoms with Gasteiger partial charge in [0.2, 0.25) is 0 Å². The maximum atomic E-state index is 12.1. The van der Waals surface area contributed by atoms with E-state index in [0.717, 1.165) is 0 Å². The Morgan fingerprint density at radius 1 is 1.33 bits per heavy atom. The normalized spacial score (nSPS) is 31.6. The van der Waals surface area contributed by atoms with Crippen molar-refractivity contribution in [3.63, 3.8) is 0 Å². The highest BCUT2D eigenvalue weighted by Crippen LogP contribution is 2.44. The molecule has 2 atom stereocenters. The monoisotopic (exact) mass is 319 g/mol. The number of carboxylic acids is 1. The first-order valence-corrected chi connectivity index (χ1v) is 8.69. The lowest BCUT2D eigenvalue weighted by atomic mass is 9.76. The number of hydrogen-bond donors (Lipinski definition) is 1. The molecule has 21 heavy (non-hydrogen) atoms. The van der Waals surface area contributed by atoms with Crippen LogP contribution in [0.3, 0.4) is 0 Å². The zero-order valence-electron chi connectivity index (χ0n) is 12.5. The molecule has 1 amide bonds. The van der Waals surface area contributed by atoms with E-state index in [4.69, 9.17) is 4.74 Å². The highest BCUT2D eigenvalue weighted by molar-refractivity contribution is 7.91. The van der Waals surface area contributed by atoms with Crippen LogP contribution in [-0.4, -0.2) is 60.7 Å². The van der Waals surface area contributed by atoms with Gasteiger partial charge in [-0.25, -0.2) is 13.2 Å². The maximum absolute atomic E-state index is 12.1. The molecule has 2 fully saturated rings. The Morgan fingerprint density at radius 2 is 1.95 bits per heavy atom. The number of amides is 1. The first kappa shape index (κ1) is 16.1. The molecule has 2 heterocycles. The number of sulfone groups is 1. The quantitative estimate of drug-likeness (QED) is 0.765. The van der Waals surface area contributed by atoms with Gasteiger partial charge in [0.1, 0.15) is 5.60 Å². The molecule has 0 aromatic heterocycles. The van der Waals surface area contributed by atoms with Crippen LogP contribution in [0, 0.1) is 11.3 Å². The molecule has 0 unspecified atom stereocenters. The third-order valence-corrected chi connectivity index (χ3v) is 5.82. The summed E-state index contributed by atoms with van der Waals surface area (Å²) in [4.78, 5) is 25.1. The maximum Gasteiger partial charge on any atom is 0.410 e. The third-order valence-electron chi connectivity index (χ3n) is 4.09. The van der Waals surface area contributed by atoms with Crippen molar-refractivity contribution in [1.82, 2.24) is 4.90 Å². The summed E-state index contributed by atoms with van der Waals surface area (Å²) in [5.41, 5.74) is -1.84. The fourth-order valence-electron chi connectivity index (χ4n) is 3.01. The summed E-state index contributed by atoms with van der Waals surface area (Å²) >= 11 is 0. The van der Waals surface area contributed by atoms with Crippen molar-refractivity contribution in [2.75, 3.05) is 24.6 Å². The van der Waals surface area contributed by atoms with E-state index in [2.05, 4.69) is 0 Å². The van der Waals surface area contributed by atoms with E-state index in [1.807, 2.05) is 0 Å². The van der Waals surface area contributed by atoms with Crippen molar-refractivity contribution in [2.24, 2.45) is 11.3 Å². The molecule has 0 aromatic rings. The Bertz CT molecular complexity index is 564. The van der Waals surface area contributed by atoms with Crippen molar-refractivity contribution in [3.05, 3.63) is 0 Å². The number of rotatable bonds is 1. The molecule has 2 aliphatic rings. The predicted molar refractivity (Wildman–Crippen MR) is 74.6 cm³/mol. The Morgan fingerprint density at radius 3 is 2.48 bits per heavy atom. The molecule has 7 nitrogen and oxygen atoms in total. The van der Waals surface area contributed by atoms with Crippen LogP contribution in [0.1, 0.15) is 27.2 Å². The van der Waals surface area contributed by atoms with Gasteiger partial charge in [0.15, 0.2) is 9.84 Å². The number of nitrogens with zero attached hydrogens (tertiary/aromatic N) is 1.